The summed E-state index contributed by atoms with van der Waals surface area (Å²) in [5.74, 6) is 0.211. The number of H-pyrrole nitrogens is 1. The lowest BCUT2D eigenvalue weighted by Crippen LogP contribution is -2.20. The molecule has 0 aliphatic heterocycles. The third-order valence-electron chi connectivity index (χ3n) is 3.97. The Labute approximate surface area is 143 Å². The van der Waals surface area contributed by atoms with Crippen LogP contribution >= 0.6 is 11.6 Å². The molecule has 0 saturated heterocycles. The summed E-state index contributed by atoms with van der Waals surface area (Å²) in [4.78, 5) is 27.2. The summed E-state index contributed by atoms with van der Waals surface area (Å²) in [5, 5.41) is 8.15. The Bertz CT molecular complexity index is 961. The van der Waals surface area contributed by atoms with Crippen molar-refractivity contribution >= 4 is 34.2 Å². The predicted octanol–water partition coefficient (Wildman–Crippen LogP) is 3.60. The molecule has 0 spiro atoms. The van der Waals surface area contributed by atoms with Crippen molar-refractivity contribution in [2.24, 2.45) is 0 Å². The van der Waals surface area contributed by atoms with E-state index in [0.29, 0.717) is 21.7 Å². The zero-order valence-electron chi connectivity index (χ0n) is 13.3. The monoisotopic (exact) mass is 344 g/mol. The lowest BCUT2D eigenvalue weighted by atomic mass is 10.1. The molecule has 2 aromatic heterocycles. The molecule has 1 aromatic carbocycles. The summed E-state index contributed by atoms with van der Waals surface area (Å²) in [5.41, 5.74) is 0.492. The maximum Gasteiger partial charge on any atom is 0.257 e. The maximum atomic E-state index is 12.7. The van der Waals surface area contributed by atoms with Gasteiger partial charge in [0.05, 0.1) is 17.8 Å². The number of aromatic amines is 1. The van der Waals surface area contributed by atoms with Crippen molar-refractivity contribution in [2.45, 2.75) is 26.3 Å². The number of hydrogen-bond donors (Lipinski definition) is 2. The van der Waals surface area contributed by atoms with E-state index in [0.717, 1.165) is 6.42 Å². The molecule has 6 nitrogen and oxygen atoms in total. The number of nitrogens with one attached hydrogen (secondary N) is 2. The van der Waals surface area contributed by atoms with E-state index in [4.69, 9.17) is 11.6 Å². The van der Waals surface area contributed by atoms with Crippen LogP contribution in [0.3, 0.4) is 0 Å². The molecule has 0 bridgehead atoms. The number of rotatable bonds is 4. The number of benzene rings is 1. The van der Waals surface area contributed by atoms with E-state index in [9.17, 15) is 9.59 Å². The van der Waals surface area contributed by atoms with E-state index in [1.54, 1.807) is 35.1 Å². The van der Waals surface area contributed by atoms with Gasteiger partial charge >= 0.3 is 0 Å². The van der Waals surface area contributed by atoms with Crippen LogP contribution in [0.25, 0.3) is 10.9 Å². The Morgan fingerprint density at radius 2 is 2.17 bits per heavy atom. The van der Waals surface area contributed by atoms with Gasteiger partial charge in [-0.1, -0.05) is 18.5 Å². The molecule has 3 rings (SSSR count). The first kappa shape index (κ1) is 16.3. The van der Waals surface area contributed by atoms with Gasteiger partial charge in [0.2, 0.25) is 5.56 Å². The minimum Gasteiger partial charge on any atom is -0.322 e. The molecule has 124 valence electrons. The van der Waals surface area contributed by atoms with Gasteiger partial charge in [-0.2, -0.15) is 5.10 Å². The summed E-state index contributed by atoms with van der Waals surface area (Å²) in [6.07, 6.45) is 2.52. The van der Waals surface area contributed by atoms with Crippen molar-refractivity contribution in [1.82, 2.24) is 14.8 Å². The summed E-state index contributed by atoms with van der Waals surface area (Å²) < 4.78 is 1.75. The van der Waals surface area contributed by atoms with E-state index in [-0.39, 0.29) is 23.1 Å². The highest BCUT2D eigenvalue weighted by Gasteiger charge is 2.16. The molecule has 7 heteroatoms. The Kier molecular flexibility index (Phi) is 4.40. The van der Waals surface area contributed by atoms with Gasteiger partial charge in [-0.05, 0) is 31.5 Å². The summed E-state index contributed by atoms with van der Waals surface area (Å²) >= 11 is 6.03. The molecular formula is C17H17ClN4O2. The van der Waals surface area contributed by atoms with E-state index in [1.165, 1.54) is 6.07 Å². The number of fused-ring (bicyclic) bond motifs is 1. The van der Waals surface area contributed by atoms with Crippen molar-refractivity contribution in [3.05, 3.63) is 57.5 Å². The van der Waals surface area contributed by atoms with Crippen LogP contribution in [0.1, 0.15) is 36.7 Å². The molecule has 0 radical (unpaired) electrons. The highest BCUT2D eigenvalue weighted by molar-refractivity contribution is 6.31. The first-order valence-electron chi connectivity index (χ1n) is 7.67. The average Bonchev–Trinajstić information content (AvgIpc) is 3.01. The third kappa shape index (κ3) is 3.05. The number of amides is 1. The van der Waals surface area contributed by atoms with Gasteiger partial charge in [-0.25, -0.2) is 4.68 Å². The summed E-state index contributed by atoms with van der Waals surface area (Å²) in [7, 11) is 0. The van der Waals surface area contributed by atoms with Crippen molar-refractivity contribution in [1.29, 1.82) is 0 Å². The number of aromatic nitrogens is 3. The predicted molar refractivity (Wildman–Crippen MR) is 94.8 cm³/mol. The second-order valence-corrected chi connectivity index (χ2v) is 6.05. The zero-order valence-corrected chi connectivity index (χ0v) is 14.1. The normalized spacial score (nSPS) is 12.3. The van der Waals surface area contributed by atoms with Gasteiger partial charge in [0.25, 0.3) is 5.91 Å². The quantitative estimate of drug-likeness (QED) is 0.758. The second kappa shape index (κ2) is 6.49. The Morgan fingerprint density at radius 3 is 2.92 bits per heavy atom. The van der Waals surface area contributed by atoms with Gasteiger partial charge in [0.1, 0.15) is 5.82 Å². The largest absolute Gasteiger partial charge is 0.322 e. The lowest BCUT2D eigenvalue weighted by Gasteiger charge is -2.14. The standard InChI is InChI=1S/C17H17ClN4O2/c1-3-10(2)22-15(6-7-19-22)21-17(24)13-9-16(23)20-14-5-4-11(18)8-12(13)14/h4-10H,3H2,1-2H3,(H,20,23)(H,21,24)/t10-/m1/s1. The number of carbonyl (C=O) groups excluding carboxylic acids is 1. The number of hydrogen-bond acceptors (Lipinski definition) is 3. The Hall–Kier alpha value is -2.60. The van der Waals surface area contributed by atoms with Crippen LogP contribution in [0.5, 0.6) is 0 Å². The van der Waals surface area contributed by atoms with Gasteiger partial charge in [-0.3, -0.25) is 9.59 Å². The zero-order chi connectivity index (χ0) is 17.3. The van der Waals surface area contributed by atoms with Gasteiger partial charge in [0.15, 0.2) is 0 Å². The fourth-order valence-corrected chi connectivity index (χ4v) is 2.71. The second-order valence-electron chi connectivity index (χ2n) is 5.61. The number of carbonyl (C=O) groups is 1. The van der Waals surface area contributed by atoms with Gasteiger partial charge in [-0.15, -0.1) is 0 Å². The minimum absolute atomic E-state index is 0.153. The SMILES string of the molecule is CC[C@@H](C)n1nccc1NC(=O)c1cc(=O)[nH]c2ccc(Cl)cc12. The van der Waals surface area contributed by atoms with Crippen molar-refractivity contribution in [3.63, 3.8) is 0 Å². The van der Waals surface area contributed by atoms with Crippen LogP contribution in [-0.4, -0.2) is 20.7 Å². The molecule has 2 N–H and O–H groups in total. The van der Waals surface area contributed by atoms with Crippen LogP contribution < -0.4 is 10.9 Å². The molecule has 0 unspecified atom stereocenters. The van der Waals surface area contributed by atoms with Crippen LogP contribution in [0.2, 0.25) is 5.02 Å². The van der Waals surface area contributed by atoms with Gasteiger partial charge in [0, 0.05) is 28.1 Å². The fraction of sp³-hybridized carbons (Fsp3) is 0.235. The van der Waals surface area contributed by atoms with Crippen LogP contribution in [0.15, 0.2) is 41.3 Å². The molecular weight excluding hydrogens is 328 g/mol. The van der Waals surface area contributed by atoms with E-state index < -0.39 is 0 Å². The highest BCUT2D eigenvalue weighted by atomic mass is 35.5. The molecule has 2 heterocycles. The Morgan fingerprint density at radius 1 is 1.38 bits per heavy atom. The van der Waals surface area contributed by atoms with Crippen LogP contribution in [0, 0.1) is 0 Å². The molecule has 0 aliphatic carbocycles. The van der Waals surface area contributed by atoms with E-state index in [2.05, 4.69) is 15.4 Å². The van der Waals surface area contributed by atoms with Crippen LogP contribution in [-0.2, 0) is 0 Å². The van der Waals surface area contributed by atoms with E-state index in [1.807, 2.05) is 13.8 Å². The number of anilines is 1. The van der Waals surface area contributed by atoms with Crippen LogP contribution in [0.4, 0.5) is 5.82 Å². The smallest absolute Gasteiger partial charge is 0.257 e. The lowest BCUT2D eigenvalue weighted by molar-refractivity contribution is 0.102. The van der Waals surface area contributed by atoms with Gasteiger partial charge < -0.3 is 10.3 Å². The number of pyridine rings is 1. The summed E-state index contributed by atoms with van der Waals surface area (Å²) in [6.45, 7) is 4.06. The topological polar surface area (TPSA) is 79.8 Å². The van der Waals surface area contributed by atoms with Crippen molar-refractivity contribution in [2.75, 3.05) is 5.32 Å². The first-order chi connectivity index (χ1) is 11.5. The maximum absolute atomic E-state index is 12.7. The molecule has 0 saturated carbocycles. The number of halogens is 1. The minimum atomic E-state index is -0.376. The van der Waals surface area contributed by atoms with Crippen molar-refractivity contribution in [3.8, 4) is 0 Å². The van der Waals surface area contributed by atoms with E-state index >= 15 is 0 Å². The fourth-order valence-electron chi connectivity index (χ4n) is 2.53. The molecule has 1 amide bonds. The molecule has 0 aliphatic rings. The third-order valence-corrected chi connectivity index (χ3v) is 4.21. The molecule has 3 aromatic rings. The summed E-state index contributed by atoms with van der Waals surface area (Å²) in [6, 6.07) is 8.16. The first-order valence-corrected chi connectivity index (χ1v) is 8.05. The number of nitrogens with zero attached hydrogens (tertiary/aromatic N) is 2. The highest BCUT2D eigenvalue weighted by Crippen LogP contribution is 2.22. The molecule has 24 heavy (non-hydrogen) atoms. The Balaban J connectivity index is 2.02. The molecule has 1 atom stereocenters. The molecule has 0 fully saturated rings. The van der Waals surface area contributed by atoms with Crippen molar-refractivity contribution < 1.29 is 4.79 Å². The average molecular weight is 345 g/mol.